The van der Waals surface area contributed by atoms with E-state index >= 15 is 0 Å². The number of hydrogen-bond acceptors (Lipinski definition) is 3. The second-order valence-electron chi connectivity index (χ2n) is 12.2. The molecular weight excluding hydrogens is 514 g/mol. The van der Waals surface area contributed by atoms with Gasteiger partial charge in [0.15, 0.2) is 5.78 Å². The normalized spacial score (nSPS) is 11.4. The van der Waals surface area contributed by atoms with Gasteiger partial charge < -0.3 is 10.0 Å². The molecule has 3 nitrogen and oxygen atoms in total. The number of phenolic OH excluding ortho intramolecular Hbond substituents is 1. The van der Waals surface area contributed by atoms with Crippen molar-refractivity contribution in [3.8, 4) is 5.75 Å². The van der Waals surface area contributed by atoms with Crippen molar-refractivity contribution in [1.82, 2.24) is 0 Å². The Morgan fingerprint density at radius 1 is 0.595 bits per heavy atom. The highest BCUT2D eigenvalue weighted by Crippen LogP contribution is 2.21. The van der Waals surface area contributed by atoms with Gasteiger partial charge in [0.1, 0.15) is 5.75 Å². The highest BCUT2D eigenvalue weighted by Gasteiger charge is 2.08. The van der Waals surface area contributed by atoms with Crippen LogP contribution in [0.25, 0.3) is 6.08 Å². The van der Waals surface area contributed by atoms with Gasteiger partial charge in [-0.15, -0.1) is 0 Å². The van der Waals surface area contributed by atoms with Crippen molar-refractivity contribution in [3.05, 3.63) is 65.7 Å². The predicted octanol–water partition coefficient (Wildman–Crippen LogP) is 11.9. The Labute approximate surface area is 258 Å². The van der Waals surface area contributed by atoms with E-state index in [2.05, 4.69) is 43.0 Å². The topological polar surface area (TPSA) is 40.5 Å². The first-order valence-electron chi connectivity index (χ1n) is 17.5. The van der Waals surface area contributed by atoms with Crippen LogP contribution in [-0.4, -0.2) is 24.0 Å². The number of unbranched alkanes of at least 4 members (excludes halogenated alkanes) is 18. The number of hydrogen-bond donors (Lipinski definition) is 1. The fourth-order valence-corrected chi connectivity index (χ4v) is 5.69. The maximum absolute atomic E-state index is 12.5. The molecule has 234 valence electrons. The summed E-state index contributed by atoms with van der Waals surface area (Å²) in [6.45, 7) is 6.81. The molecule has 0 aliphatic carbocycles. The molecule has 2 aromatic carbocycles. The van der Waals surface area contributed by atoms with Gasteiger partial charge in [-0.2, -0.15) is 0 Å². The zero-order valence-corrected chi connectivity index (χ0v) is 27.1. The predicted molar refractivity (Wildman–Crippen MR) is 184 cm³/mol. The highest BCUT2D eigenvalue weighted by molar-refractivity contribution is 6.08. The first kappa shape index (κ1) is 35.6. The van der Waals surface area contributed by atoms with Crippen LogP contribution in [0, 0.1) is 0 Å². The lowest BCUT2D eigenvalue weighted by molar-refractivity contribution is 0.104. The number of nitrogens with zero attached hydrogens (tertiary/aromatic N) is 1. The summed E-state index contributed by atoms with van der Waals surface area (Å²) in [4.78, 5) is 15.1. The van der Waals surface area contributed by atoms with E-state index in [1.165, 1.54) is 134 Å². The number of aromatic hydroxyl groups is 1. The zero-order chi connectivity index (χ0) is 30.1. The van der Waals surface area contributed by atoms with E-state index in [1.807, 2.05) is 6.08 Å². The molecule has 0 spiro atoms. The Bertz CT molecular complexity index is 941. The minimum absolute atomic E-state index is 0.0251. The molecule has 2 rings (SSSR count). The molecule has 0 saturated carbocycles. The first-order valence-corrected chi connectivity index (χ1v) is 17.5. The van der Waals surface area contributed by atoms with E-state index < -0.39 is 0 Å². The summed E-state index contributed by atoms with van der Waals surface area (Å²) in [6.07, 6.45) is 30.7. The highest BCUT2D eigenvalue weighted by atomic mass is 16.3. The summed E-state index contributed by atoms with van der Waals surface area (Å²) >= 11 is 0. The van der Waals surface area contributed by atoms with Crippen molar-refractivity contribution >= 4 is 17.5 Å². The molecule has 1 N–H and O–H groups in total. The third-order valence-electron chi connectivity index (χ3n) is 8.42. The Kier molecular flexibility index (Phi) is 20.3. The van der Waals surface area contributed by atoms with Crippen LogP contribution < -0.4 is 4.90 Å². The molecule has 3 heteroatoms. The molecule has 0 heterocycles. The van der Waals surface area contributed by atoms with Gasteiger partial charge in [-0.1, -0.05) is 160 Å². The molecule has 0 amide bonds. The van der Waals surface area contributed by atoms with Gasteiger partial charge in [-0.3, -0.25) is 4.79 Å². The van der Waals surface area contributed by atoms with Crippen LogP contribution >= 0.6 is 0 Å². The summed E-state index contributed by atoms with van der Waals surface area (Å²) in [6, 6.07) is 15.3. The quantitative estimate of drug-likeness (QED) is 0.0689. The Morgan fingerprint density at radius 2 is 1.02 bits per heavy atom. The average Bonchev–Trinajstić information content (AvgIpc) is 3.01. The molecule has 0 bridgehead atoms. The lowest BCUT2D eigenvalue weighted by atomic mass is 10.1. The second-order valence-corrected chi connectivity index (χ2v) is 12.2. The first-order chi connectivity index (χ1) is 20.7. The van der Waals surface area contributed by atoms with E-state index in [-0.39, 0.29) is 11.5 Å². The SMILES string of the molecule is CCCCCCCCCCCCN(CCCCCCCCCCCC)c1ccc(/C=C/C(=O)c2ccccc2O)cc1. The number of anilines is 1. The number of phenols is 1. The Hall–Kier alpha value is -2.55. The van der Waals surface area contributed by atoms with Crippen molar-refractivity contribution in [1.29, 1.82) is 0 Å². The number of carbonyl (C=O) groups is 1. The van der Waals surface area contributed by atoms with Gasteiger partial charge in [-0.25, -0.2) is 0 Å². The van der Waals surface area contributed by atoms with Gasteiger partial charge in [0, 0.05) is 18.8 Å². The van der Waals surface area contributed by atoms with Crippen molar-refractivity contribution in [2.45, 2.75) is 142 Å². The molecule has 0 atom stereocenters. The number of ketones is 1. The third kappa shape index (κ3) is 16.2. The summed E-state index contributed by atoms with van der Waals surface area (Å²) in [5.74, 6) is -0.155. The van der Waals surface area contributed by atoms with E-state index in [0.717, 1.165) is 18.7 Å². The van der Waals surface area contributed by atoms with E-state index in [9.17, 15) is 9.90 Å². The lowest BCUT2D eigenvalue weighted by Gasteiger charge is -2.25. The van der Waals surface area contributed by atoms with Gasteiger partial charge in [0.25, 0.3) is 0 Å². The molecule has 0 saturated heterocycles. The average molecular weight is 576 g/mol. The van der Waals surface area contributed by atoms with Crippen molar-refractivity contribution in [3.63, 3.8) is 0 Å². The fourth-order valence-electron chi connectivity index (χ4n) is 5.69. The fraction of sp³-hybridized carbons (Fsp3) is 0.615. The largest absolute Gasteiger partial charge is 0.507 e. The molecule has 2 aromatic rings. The van der Waals surface area contributed by atoms with Gasteiger partial charge in [-0.05, 0) is 48.7 Å². The van der Waals surface area contributed by atoms with Crippen LogP contribution in [0.4, 0.5) is 5.69 Å². The van der Waals surface area contributed by atoms with E-state index in [4.69, 9.17) is 0 Å². The summed E-state index contributed by atoms with van der Waals surface area (Å²) in [7, 11) is 0. The standard InChI is InChI=1S/C39H61NO2/c1-3-5-7-9-11-13-15-17-19-23-33-40(34-24-20-18-16-14-12-10-8-6-4-2)36-30-27-35(28-31-36)29-32-39(42)37-25-21-22-26-38(37)41/h21-22,25-32,41H,3-20,23-24,33-34H2,1-2H3/b32-29+. The second kappa shape index (κ2) is 24.0. The van der Waals surface area contributed by atoms with Gasteiger partial charge in [0.05, 0.1) is 5.56 Å². The van der Waals surface area contributed by atoms with E-state index in [1.54, 1.807) is 30.3 Å². The molecule has 0 aliphatic heterocycles. The molecule has 0 aromatic heterocycles. The number of para-hydroxylation sites is 1. The smallest absolute Gasteiger partial charge is 0.189 e. The van der Waals surface area contributed by atoms with Crippen LogP contribution in [0.1, 0.15) is 158 Å². The monoisotopic (exact) mass is 575 g/mol. The van der Waals surface area contributed by atoms with Crippen molar-refractivity contribution < 1.29 is 9.90 Å². The van der Waals surface area contributed by atoms with Crippen molar-refractivity contribution in [2.24, 2.45) is 0 Å². The van der Waals surface area contributed by atoms with Crippen LogP contribution in [0.5, 0.6) is 5.75 Å². The maximum atomic E-state index is 12.5. The van der Waals surface area contributed by atoms with E-state index in [0.29, 0.717) is 5.56 Å². The molecule has 42 heavy (non-hydrogen) atoms. The van der Waals surface area contributed by atoms with Crippen molar-refractivity contribution in [2.75, 3.05) is 18.0 Å². The lowest BCUT2D eigenvalue weighted by Crippen LogP contribution is -2.25. The summed E-state index contributed by atoms with van der Waals surface area (Å²) < 4.78 is 0. The molecule has 0 unspecified atom stereocenters. The van der Waals surface area contributed by atoms with Gasteiger partial charge >= 0.3 is 0 Å². The van der Waals surface area contributed by atoms with Crippen LogP contribution in [0.15, 0.2) is 54.6 Å². The van der Waals surface area contributed by atoms with Crippen LogP contribution in [-0.2, 0) is 0 Å². The Morgan fingerprint density at radius 3 is 1.48 bits per heavy atom. The molecule has 0 radical (unpaired) electrons. The Balaban J connectivity index is 1.81. The number of carbonyl (C=O) groups excluding carboxylic acids is 1. The van der Waals surface area contributed by atoms with Crippen LogP contribution in [0.2, 0.25) is 0 Å². The molecule has 0 fully saturated rings. The maximum Gasteiger partial charge on any atom is 0.189 e. The zero-order valence-electron chi connectivity index (χ0n) is 27.1. The number of rotatable bonds is 26. The van der Waals surface area contributed by atoms with Gasteiger partial charge in [0.2, 0.25) is 0 Å². The number of allylic oxidation sites excluding steroid dienone is 1. The molecule has 0 aliphatic rings. The minimum Gasteiger partial charge on any atom is -0.507 e. The minimum atomic E-state index is -0.180. The molecular formula is C39H61NO2. The van der Waals surface area contributed by atoms with Crippen LogP contribution in [0.3, 0.4) is 0 Å². The summed E-state index contributed by atoms with van der Waals surface area (Å²) in [5.41, 5.74) is 2.62. The number of benzene rings is 2. The third-order valence-corrected chi connectivity index (χ3v) is 8.42. The summed E-state index contributed by atoms with van der Waals surface area (Å²) in [5, 5.41) is 9.96.